The van der Waals surface area contributed by atoms with Crippen LogP contribution in [0.15, 0.2) is 0 Å². The molecule has 0 bridgehead atoms. The molecule has 1 atom stereocenters. The molecule has 120 valence electrons. The van der Waals surface area contributed by atoms with Crippen LogP contribution in [-0.4, -0.2) is 37.4 Å². The van der Waals surface area contributed by atoms with E-state index in [9.17, 15) is 4.79 Å². The maximum Gasteiger partial charge on any atom is 0.222 e. The first-order valence-electron chi connectivity index (χ1n) is 7.60. The van der Waals surface area contributed by atoms with Crippen molar-refractivity contribution < 1.29 is 14.3 Å². The van der Waals surface area contributed by atoms with Gasteiger partial charge in [0.25, 0.3) is 0 Å². The summed E-state index contributed by atoms with van der Waals surface area (Å²) in [5, 5.41) is 2.96. The van der Waals surface area contributed by atoms with Crippen LogP contribution in [0, 0.1) is 5.92 Å². The van der Waals surface area contributed by atoms with Crippen molar-refractivity contribution in [3.63, 3.8) is 0 Å². The molecule has 0 rings (SSSR count). The van der Waals surface area contributed by atoms with E-state index in [1.807, 2.05) is 13.8 Å². The standard InChI is InChI=1S/C16H33NO3/c1-8-13(2)14(18)17-11-9-16(5,6)20-12-10-15(3,4)19-7/h13H,8-12H2,1-7H3,(H,17,18). The van der Waals surface area contributed by atoms with Crippen LogP contribution in [-0.2, 0) is 14.3 Å². The van der Waals surface area contributed by atoms with E-state index < -0.39 is 0 Å². The molecule has 0 heterocycles. The number of nitrogens with one attached hydrogen (secondary N) is 1. The summed E-state index contributed by atoms with van der Waals surface area (Å²) in [6, 6.07) is 0. The topological polar surface area (TPSA) is 47.6 Å². The van der Waals surface area contributed by atoms with Gasteiger partial charge in [0.2, 0.25) is 5.91 Å². The van der Waals surface area contributed by atoms with Crippen molar-refractivity contribution in [2.75, 3.05) is 20.3 Å². The summed E-state index contributed by atoms with van der Waals surface area (Å²) in [7, 11) is 1.72. The molecule has 0 aromatic carbocycles. The van der Waals surface area contributed by atoms with E-state index in [1.54, 1.807) is 7.11 Å². The van der Waals surface area contributed by atoms with Crippen LogP contribution in [0.3, 0.4) is 0 Å². The summed E-state index contributed by atoms with van der Waals surface area (Å²) in [4.78, 5) is 11.7. The fourth-order valence-corrected chi connectivity index (χ4v) is 1.59. The van der Waals surface area contributed by atoms with Gasteiger partial charge in [-0.05, 0) is 47.0 Å². The SMILES string of the molecule is CCC(C)C(=O)NCCC(C)(C)OCCC(C)(C)OC. The van der Waals surface area contributed by atoms with E-state index in [0.717, 1.165) is 19.3 Å². The molecule has 4 heteroatoms. The van der Waals surface area contributed by atoms with Crippen molar-refractivity contribution in [2.24, 2.45) is 5.92 Å². The third-order valence-corrected chi connectivity index (χ3v) is 3.84. The summed E-state index contributed by atoms with van der Waals surface area (Å²) < 4.78 is 11.3. The molecule has 0 fully saturated rings. The maximum absolute atomic E-state index is 11.7. The quantitative estimate of drug-likeness (QED) is 0.671. The number of rotatable bonds is 10. The minimum atomic E-state index is -0.230. The van der Waals surface area contributed by atoms with E-state index in [4.69, 9.17) is 9.47 Å². The predicted molar refractivity (Wildman–Crippen MR) is 82.8 cm³/mol. The fraction of sp³-hybridized carbons (Fsp3) is 0.938. The summed E-state index contributed by atoms with van der Waals surface area (Å²) in [6.45, 7) is 13.5. The lowest BCUT2D eigenvalue weighted by Crippen LogP contribution is -2.36. The van der Waals surface area contributed by atoms with Gasteiger partial charge in [0.1, 0.15) is 0 Å². The third kappa shape index (κ3) is 8.54. The van der Waals surface area contributed by atoms with Gasteiger partial charge in [0, 0.05) is 19.6 Å². The minimum Gasteiger partial charge on any atom is -0.379 e. The molecule has 0 aliphatic rings. The molecule has 0 aliphatic carbocycles. The average Bonchev–Trinajstić information content (AvgIpc) is 2.36. The van der Waals surface area contributed by atoms with Gasteiger partial charge in [-0.25, -0.2) is 0 Å². The van der Waals surface area contributed by atoms with Crippen molar-refractivity contribution in [3.8, 4) is 0 Å². The predicted octanol–water partition coefficient (Wildman–Crippen LogP) is 3.15. The maximum atomic E-state index is 11.7. The smallest absolute Gasteiger partial charge is 0.222 e. The van der Waals surface area contributed by atoms with E-state index in [-0.39, 0.29) is 23.0 Å². The van der Waals surface area contributed by atoms with Gasteiger partial charge in [0.15, 0.2) is 0 Å². The Morgan fingerprint density at radius 3 is 2.25 bits per heavy atom. The molecule has 0 saturated heterocycles. The fourth-order valence-electron chi connectivity index (χ4n) is 1.59. The number of amides is 1. The molecular formula is C16H33NO3. The Hall–Kier alpha value is -0.610. The van der Waals surface area contributed by atoms with Crippen LogP contribution in [0.25, 0.3) is 0 Å². The minimum absolute atomic E-state index is 0.0848. The lowest BCUT2D eigenvalue weighted by atomic mass is 10.0. The molecule has 0 aromatic rings. The zero-order valence-corrected chi connectivity index (χ0v) is 14.3. The van der Waals surface area contributed by atoms with Crippen LogP contribution in [0.5, 0.6) is 0 Å². The van der Waals surface area contributed by atoms with Crippen molar-refractivity contribution in [1.82, 2.24) is 5.32 Å². The molecular weight excluding hydrogens is 254 g/mol. The number of ether oxygens (including phenoxy) is 2. The van der Waals surface area contributed by atoms with Crippen LogP contribution in [0.1, 0.15) is 60.8 Å². The van der Waals surface area contributed by atoms with Crippen LogP contribution >= 0.6 is 0 Å². The number of carbonyl (C=O) groups excluding carboxylic acids is 1. The van der Waals surface area contributed by atoms with Crippen LogP contribution in [0.4, 0.5) is 0 Å². The lowest BCUT2D eigenvalue weighted by molar-refractivity contribution is -0.124. The Morgan fingerprint density at radius 1 is 1.15 bits per heavy atom. The lowest BCUT2D eigenvalue weighted by Gasteiger charge is -2.29. The molecule has 1 N–H and O–H groups in total. The molecule has 0 spiro atoms. The van der Waals surface area contributed by atoms with Crippen molar-refractivity contribution >= 4 is 5.91 Å². The number of hydrogen-bond acceptors (Lipinski definition) is 3. The Morgan fingerprint density at radius 2 is 1.75 bits per heavy atom. The van der Waals surface area contributed by atoms with Crippen molar-refractivity contribution in [3.05, 3.63) is 0 Å². The Kier molecular flexibility index (Phi) is 8.36. The van der Waals surface area contributed by atoms with E-state index in [2.05, 4.69) is 33.0 Å². The van der Waals surface area contributed by atoms with E-state index in [0.29, 0.717) is 13.2 Å². The molecule has 0 aliphatic heterocycles. The molecule has 0 saturated carbocycles. The Bertz CT molecular complexity index is 287. The highest BCUT2D eigenvalue weighted by Gasteiger charge is 2.22. The molecule has 20 heavy (non-hydrogen) atoms. The summed E-state index contributed by atoms with van der Waals surface area (Å²) in [6.07, 6.45) is 2.53. The second-order valence-corrected chi connectivity index (χ2v) is 6.67. The van der Waals surface area contributed by atoms with Crippen molar-refractivity contribution in [2.45, 2.75) is 72.0 Å². The van der Waals surface area contributed by atoms with E-state index in [1.165, 1.54) is 0 Å². The highest BCUT2D eigenvalue weighted by Crippen LogP contribution is 2.18. The summed E-state index contributed by atoms with van der Waals surface area (Å²) >= 11 is 0. The zero-order valence-electron chi connectivity index (χ0n) is 14.3. The Labute approximate surface area is 124 Å². The van der Waals surface area contributed by atoms with Gasteiger partial charge >= 0.3 is 0 Å². The normalized spacial score (nSPS) is 14.2. The molecule has 0 aromatic heterocycles. The second kappa shape index (κ2) is 8.63. The average molecular weight is 287 g/mol. The summed E-state index contributed by atoms with van der Waals surface area (Å²) in [5.41, 5.74) is -0.382. The molecule has 0 radical (unpaired) electrons. The van der Waals surface area contributed by atoms with Gasteiger partial charge in [0.05, 0.1) is 17.8 Å². The van der Waals surface area contributed by atoms with Gasteiger partial charge in [-0.3, -0.25) is 4.79 Å². The van der Waals surface area contributed by atoms with Crippen LogP contribution in [0.2, 0.25) is 0 Å². The van der Waals surface area contributed by atoms with Gasteiger partial charge < -0.3 is 14.8 Å². The van der Waals surface area contributed by atoms with E-state index >= 15 is 0 Å². The Balaban J connectivity index is 3.93. The number of methoxy groups -OCH3 is 1. The monoisotopic (exact) mass is 287 g/mol. The van der Waals surface area contributed by atoms with Gasteiger partial charge in [-0.15, -0.1) is 0 Å². The first kappa shape index (κ1) is 19.4. The second-order valence-electron chi connectivity index (χ2n) is 6.67. The first-order chi connectivity index (χ1) is 9.13. The molecule has 1 unspecified atom stereocenters. The first-order valence-corrected chi connectivity index (χ1v) is 7.60. The molecule has 1 amide bonds. The number of hydrogen-bond donors (Lipinski definition) is 1. The van der Waals surface area contributed by atoms with Crippen LogP contribution < -0.4 is 5.32 Å². The molecule has 4 nitrogen and oxygen atoms in total. The highest BCUT2D eigenvalue weighted by atomic mass is 16.5. The third-order valence-electron chi connectivity index (χ3n) is 3.84. The number of carbonyl (C=O) groups is 1. The summed E-state index contributed by atoms with van der Waals surface area (Å²) in [5.74, 6) is 0.213. The van der Waals surface area contributed by atoms with Gasteiger partial charge in [-0.1, -0.05) is 13.8 Å². The zero-order chi connectivity index (χ0) is 15.8. The van der Waals surface area contributed by atoms with Crippen molar-refractivity contribution in [1.29, 1.82) is 0 Å². The van der Waals surface area contributed by atoms with Gasteiger partial charge in [-0.2, -0.15) is 0 Å². The highest BCUT2D eigenvalue weighted by molar-refractivity contribution is 5.78. The largest absolute Gasteiger partial charge is 0.379 e.